The van der Waals surface area contributed by atoms with Gasteiger partial charge in [-0.25, -0.2) is 0 Å². The van der Waals surface area contributed by atoms with Crippen molar-refractivity contribution >= 4 is 5.78 Å². The van der Waals surface area contributed by atoms with Crippen LogP contribution >= 0.6 is 0 Å². The molecule has 23 heavy (non-hydrogen) atoms. The summed E-state index contributed by atoms with van der Waals surface area (Å²) in [5.41, 5.74) is 2.11. The molecule has 0 aromatic rings. The Hall–Kier alpha value is -0.630. The first-order valence-corrected chi connectivity index (χ1v) is 9.74. The third-order valence-electron chi connectivity index (χ3n) is 8.57. The van der Waals surface area contributed by atoms with Gasteiger partial charge in [0.05, 0.1) is 6.10 Å². The second kappa shape index (κ2) is 5.18. The van der Waals surface area contributed by atoms with Crippen LogP contribution in [0.5, 0.6) is 0 Å². The fourth-order valence-corrected chi connectivity index (χ4v) is 7.31. The van der Waals surface area contributed by atoms with E-state index in [1.165, 1.54) is 25.7 Å². The van der Waals surface area contributed by atoms with Gasteiger partial charge in [-0.05, 0) is 86.9 Å². The van der Waals surface area contributed by atoms with E-state index in [0.717, 1.165) is 43.4 Å². The van der Waals surface area contributed by atoms with Gasteiger partial charge in [0.25, 0.3) is 0 Å². The molecule has 4 aliphatic carbocycles. The number of ketones is 1. The molecule has 0 aromatic heterocycles. The summed E-state index contributed by atoms with van der Waals surface area (Å²) in [5.74, 6) is 3.00. The maximum Gasteiger partial charge on any atom is 0.133 e. The first kappa shape index (κ1) is 15.9. The minimum absolute atomic E-state index is 0.117. The highest BCUT2D eigenvalue weighted by Gasteiger charge is 2.59. The van der Waals surface area contributed by atoms with Crippen LogP contribution in [-0.2, 0) is 4.79 Å². The Morgan fingerprint density at radius 1 is 1.13 bits per heavy atom. The highest BCUT2D eigenvalue weighted by atomic mass is 16.3. The third-order valence-corrected chi connectivity index (χ3v) is 8.57. The number of carbonyl (C=O) groups excluding carboxylic acids is 1. The lowest BCUT2D eigenvalue weighted by Crippen LogP contribution is -2.50. The third kappa shape index (κ3) is 2.13. The molecule has 4 aliphatic rings. The molecule has 0 bridgehead atoms. The van der Waals surface area contributed by atoms with Gasteiger partial charge in [-0.2, -0.15) is 0 Å². The van der Waals surface area contributed by atoms with E-state index in [-0.39, 0.29) is 11.5 Å². The summed E-state index contributed by atoms with van der Waals surface area (Å²) in [7, 11) is 0. The van der Waals surface area contributed by atoms with Crippen LogP contribution in [0.25, 0.3) is 0 Å². The molecular formula is C21H32O2. The maximum absolute atomic E-state index is 12.2. The lowest BCUT2D eigenvalue weighted by molar-refractivity contribution is -0.127. The van der Waals surface area contributed by atoms with E-state index in [9.17, 15) is 9.90 Å². The molecule has 0 aliphatic heterocycles. The van der Waals surface area contributed by atoms with Crippen molar-refractivity contribution in [2.24, 2.45) is 34.5 Å². The van der Waals surface area contributed by atoms with Crippen molar-refractivity contribution in [3.05, 3.63) is 11.6 Å². The SMILES string of the molecule is CC(=O)[C@H]1CC[C@H]2C3CC=C4CC(O)CCC4(C)[C@H]3CCC12C. The molecule has 2 nitrogen and oxygen atoms in total. The molecule has 4 unspecified atom stereocenters. The van der Waals surface area contributed by atoms with Crippen molar-refractivity contribution in [1.82, 2.24) is 0 Å². The minimum atomic E-state index is -0.117. The lowest BCUT2D eigenvalue weighted by Gasteiger charge is -2.57. The molecule has 3 saturated carbocycles. The van der Waals surface area contributed by atoms with Crippen molar-refractivity contribution in [1.29, 1.82) is 0 Å². The van der Waals surface area contributed by atoms with Gasteiger partial charge in [0.15, 0.2) is 0 Å². The summed E-state index contributed by atoms with van der Waals surface area (Å²) in [6.07, 6.45) is 11.5. The zero-order valence-electron chi connectivity index (χ0n) is 15.0. The van der Waals surface area contributed by atoms with Gasteiger partial charge >= 0.3 is 0 Å². The quantitative estimate of drug-likeness (QED) is 0.722. The molecular weight excluding hydrogens is 284 g/mol. The monoisotopic (exact) mass is 316 g/mol. The predicted molar refractivity (Wildman–Crippen MR) is 91.9 cm³/mol. The molecule has 7 atom stereocenters. The lowest BCUT2D eigenvalue weighted by atomic mass is 9.47. The number of Topliss-reactive ketones (excluding diaryl/α,β-unsaturated/α-hetero) is 1. The molecule has 0 aromatic carbocycles. The number of aliphatic hydroxyl groups is 1. The van der Waals surface area contributed by atoms with Gasteiger partial charge in [0, 0.05) is 5.92 Å². The predicted octanol–water partition coefficient (Wildman–Crippen LogP) is 4.52. The van der Waals surface area contributed by atoms with E-state index in [0.29, 0.717) is 17.1 Å². The topological polar surface area (TPSA) is 37.3 Å². The molecule has 0 amide bonds. The Labute approximate surface area is 140 Å². The first-order chi connectivity index (χ1) is 10.9. The summed E-state index contributed by atoms with van der Waals surface area (Å²) in [5, 5.41) is 10.1. The Balaban J connectivity index is 1.66. The van der Waals surface area contributed by atoms with Crippen LogP contribution in [0.4, 0.5) is 0 Å². The summed E-state index contributed by atoms with van der Waals surface area (Å²) >= 11 is 0. The van der Waals surface area contributed by atoms with E-state index in [1.807, 2.05) is 6.92 Å². The summed E-state index contributed by atoms with van der Waals surface area (Å²) in [6.45, 7) is 6.70. The molecule has 0 heterocycles. The Morgan fingerprint density at radius 3 is 2.65 bits per heavy atom. The van der Waals surface area contributed by atoms with E-state index >= 15 is 0 Å². The number of allylic oxidation sites excluding steroid dienone is 1. The number of hydrogen-bond donors (Lipinski definition) is 1. The van der Waals surface area contributed by atoms with Crippen LogP contribution in [0.15, 0.2) is 11.6 Å². The zero-order chi connectivity index (χ0) is 16.4. The Kier molecular flexibility index (Phi) is 3.58. The minimum Gasteiger partial charge on any atom is -0.393 e. The van der Waals surface area contributed by atoms with Gasteiger partial charge in [0.1, 0.15) is 5.78 Å². The van der Waals surface area contributed by atoms with Crippen LogP contribution in [0, 0.1) is 34.5 Å². The molecule has 2 heteroatoms. The van der Waals surface area contributed by atoms with Crippen molar-refractivity contribution < 1.29 is 9.90 Å². The van der Waals surface area contributed by atoms with Crippen molar-refractivity contribution in [2.75, 3.05) is 0 Å². The van der Waals surface area contributed by atoms with Crippen LogP contribution in [0.1, 0.15) is 72.1 Å². The zero-order valence-corrected chi connectivity index (χ0v) is 15.0. The summed E-state index contributed by atoms with van der Waals surface area (Å²) < 4.78 is 0. The van der Waals surface area contributed by atoms with Gasteiger partial charge in [0.2, 0.25) is 0 Å². The molecule has 1 N–H and O–H groups in total. The van der Waals surface area contributed by atoms with Gasteiger partial charge < -0.3 is 5.11 Å². The van der Waals surface area contributed by atoms with Crippen LogP contribution in [0.3, 0.4) is 0 Å². The number of fused-ring (bicyclic) bond motifs is 5. The highest BCUT2D eigenvalue weighted by molar-refractivity contribution is 5.79. The fraction of sp³-hybridized carbons (Fsp3) is 0.857. The average Bonchev–Trinajstić information content (AvgIpc) is 2.85. The number of rotatable bonds is 1. The van der Waals surface area contributed by atoms with Gasteiger partial charge in [-0.3, -0.25) is 4.79 Å². The van der Waals surface area contributed by atoms with Crippen LogP contribution in [0.2, 0.25) is 0 Å². The first-order valence-electron chi connectivity index (χ1n) is 9.74. The normalized spacial score (nSPS) is 52.2. The number of hydrogen-bond acceptors (Lipinski definition) is 2. The van der Waals surface area contributed by atoms with Gasteiger partial charge in [-0.15, -0.1) is 0 Å². The van der Waals surface area contributed by atoms with E-state index in [1.54, 1.807) is 5.57 Å². The van der Waals surface area contributed by atoms with E-state index < -0.39 is 0 Å². The van der Waals surface area contributed by atoms with E-state index in [4.69, 9.17) is 0 Å². The summed E-state index contributed by atoms with van der Waals surface area (Å²) in [6, 6.07) is 0. The molecule has 128 valence electrons. The standard InChI is InChI=1S/C21H32O2/c1-13(22)17-6-7-18-16-5-4-14-12-15(23)8-10-20(14,2)19(16)9-11-21(17,18)3/h4,15-19,23H,5-12H2,1-3H3/t15?,16?,17-,18+,19+,20?,21?/m1/s1. The molecule has 0 spiro atoms. The van der Waals surface area contributed by atoms with Crippen LogP contribution in [-0.4, -0.2) is 17.0 Å². The van der Waals surface area contributed by atoms with Crippen molar-refractivity contribution in [3.63, 3.8) is 0 Å². The second-order valence-corrected chi connectivity index (χ2v) is 9.44. The molecule has 3 fully saturated rings. The van der Waals surface area contributed by atoms with Crippen LogP contribution < -0.4 is 0 Å². The van der Waals surface area contributed by atoms with Crippen molar-refractivity contribution in [2.45, 2.75) is 78.2 Å². The van der Waals surface area contributed by atoms with E-state index in [2.05, 4.69) is 19.9 Å². The Bertz CT molecular complexity index is 550. The number of aliphatic hydroxyl groups excluding tert-OH is 1. The summed E-state index contributed by atoms with van der Waals surface area (Å²) in [4.78, 5) is 12.2. The largest absolute Gasteiger partial charge is 0.393 e. The highest BCUT2D eigenvalue weighted by Crippen LogP contribution is 2.66. The average molecular weight is 316 g/mol. The Morgan fingerprint density at radius 2 is 1.91 bits per heavy atom. The van der Waals surface area contributed by atoms with Gasteiger partial charge in [-0.1, -0.05) is 25.5 Å². The molecule has 4 rings (SSSR count). The maximum atomic E-state index is 12.2. The second-order valence-electron chi connectivity index (χ2n) is 9.44. The fourth-order valence-electron chi connectivity index (χ4n) is 7.31. The van der Waals surface area contributed by atoms with Crippen molar-refractivity contribution in [3.8, 4) is 0 Å². The molecule has 0 radical (unpaired) electrons. The number of carbonyl (C=O) groups is 1. The smallest absolute Gasteiger partial charge is 0.133 e. The molecule has 0 saturated heterocycles.